The highest BCUT2D eigenvalue weighted by atomic mass is 79.9. The maximum atomic E-state index is 3.38. The lowest BCUT2D eigenvalue weighted by molar-refractivity contribution is 0.696. The van der Waals surface area contributed by atoms with Gasteiger partial charge in [0.25, 0.3) is 0 Å². The maximum absolute atomic E-state index is 3.38. The predicted octanol–water partition coefficient (Wildman–Crippen LogP) is 3.33. The van der Waals surface area contributed by atoms with Gasteiger partial charge in [-0.2, -0.15) is 0 Å². The second kappa shape index (κ2) is 4.13. The van der Waals surface area contributed by atoms with Crippen molar-refractivity contribution in [2.24, 2.45) is 5.92 Å². The Morgan fingerprint density at radius 3 is 2.38 bits per heavy atom. The number of allylic oxidation sites excluding steroid dienone is 2. The first kappa shape index (κ1) is 8.22. The van der Waals surface area contributed by atoms with E-state index >= 15 is 0 Å². The van der Waals surface area contributed by atoms with Gasteiger partial charge in [-0.1, -0.05) is 42.3 Å². The van der Waals surface area contributed by atoms with Crippen molar-refractivity contribution >= 4 is 15.9 Å². The van der Waals surface area contributed by atoms with E-state index in [0.717, 1.165) is 5.92 Å². The highest BCUT2D eigenvalue weighted by Gasteiger charge is 1.90. The number of rotatable bonds is 2. The monoisotopic (exact) mass is 176 g/mol. The van der Waals surface area contributed by atoms with Crippen molar-refractivity contribution < 1.29 is 0 Å². The van der Waals surface area contributed by atoms with Crippen LogP contribution in [0.25, 0.3) is 0 Å². The molecular weight excluding hydrogens is 164 g/mol. The molecule has 0 aliphatic rings. The minimum absolute atomic E-state index is 0.717. The van der Waals surface area contributed by atoms with Gasteiger partial charge in [-0.3, -0.25) is 0 Å². The van der Waals surface area contributed by atoms with Gasteiger partial charge in [0.15, 0.2) is 0 Å². The van der Waals surface area contributed by atoms with Gasteiger partial charge in [-0.15, -0.1) is 0 Å². The summed E-state index contributed by atoms with van der Waals surface area (Å²) in [5.74, 6) is 0.717. The fraction of sp³-hybridized carbons (Fsp3) is 0.714. The zero-order valence-electron chi connectivity index (χ0n) is 5.74. The van der Waals surface area contributed by atoms with Crippen molar-refractivity contribution in [3.8, 4) is 0 Å². The largest absolute Gasteiger partial charge is 0.0718 e. The van der Waals surface area contributed by atoms with Crippen LogP contribution in [0.5, 0.6) is 0 Å². The minimum Gasteiger partial charge on any atom is -0.0718 e. The molecule has 0 radical (unpaired) electrons. The molecule has 8 heavy (non-hydrogen) atoms. The molecule has 0 fully saturated rings. The van der Waals surface area contributed by atoms with E-state index in [4.69, 9.17) is 0 Å². The summed E-state index contributed by atoms with van der Waals surface area (Å²) in [6.45, 7) is 6.47. The summed E-state index contributed by atoms with van der Waals surface area (Å²) >= 11 is 3.38. The van der Waals surface area contributed by atoms with Crippen LogP contribution in [0.2, 0.25) is 0 Å². The average Bonchev–Trinajstić information content (AvgIpc) is 1.65. The quantitative estimate of drug-likeness (QED) is 0.606. The van der Waals surface area contributed by atoms with E-state index in [1.807, 2.05) is 0 Å². The van der Waals surface area contributed by atoms with Crippen molar-refractivity contribution in [2.45, 2.75) is 27.2 Å². The fourth-order valence-electron chi connectivity index (χ4n) is 0.510. The topological polar surface area (TPSA) is 0 Å². The normalized spacial score (nSPS) is 16.2. The van der Waals surface area contributed by atoms with Gasteiger partial charge in [0, 0.05) is 0 Å². The first-order chi connectivity index (χ1) is 3.66. The van der Waals surface area contributed by atoms with Crippen molar-refractivity contribution in [2.75, 3.05) is 0 Å². The third-order valence-electron chi connectivity index (χ3n) is 1.16. The summed E-state index contributed by atoms with van der Waals surface area (Å²) in [7, 11) is 0. The van der Waals surface area contributed by atoms with E-state index in [9.17, 15) is 0 Å². The molecule has 0 aromatic carbocycles. The van der Waals surface area contributed by atoms with Crippen molar-refractivity contribution in [1.82, 2.24) is 0 Å². The first-order valence-electron chi connectivity index (χ1n) is 3.00. The SMILES string of the molecule is CCC(C)C=C(C)Br. The molecule has 0 nitrogen and oxygen atoms in total. The van der Waals surface area contributed by atoms with Crippen molar-refractivity contribution in [3.63, 3.8) is 0 Å². The van der Waals surface area contributed by atoms with Crippen molar-refractivity contribution in [3.05, 3.63) is 10.6 Å². The predicted molar refractivity (Wildman–Crippen MR) is 42.1 cm³/mol. The van der Waals surface area contributed by atoms with Gasteiger partial charge in [-0.05, 0) is 17.3 Å². The van der Waals surface area contributed by atoms with Gasteiger partial charge >= 0.3 is 0 Å². The molecule has 0 aliphatic heterocycles. The molecule has 1 unspecified atom stereocenters. The summed E-state index contributed by atoms with van der Waals surface area (Å²) in [5, 5.41) is 0. The molecule has 0 spiro atoms. The van der Waals surface area contributed by atoms with E-state index in [1.54, 1.807) is 0 Å². The number of hydrogen-bond donors (Lipinski definition) is 0. The zero-order chi connectivity index (χ0) is 6.57. The molecule has 0 amide bonds. The lowest BCUT2D eigenvalue weighted by Gasteiger charge is -1.98. The Bertz CT molecular complexity index is 80.4. The zero-order valence-corrected chi connectivity index (χ0v) is 7.33. The van der Waals surface area contributed by atoms with Gasteiger partial charge in [-0.25, -0.2) is 0 Å². The maximum Gasteiger partial charge on any atom is -0.0118 e. The lowest BCUT2D eigenvalue weighted by atomic mass is 10.1. The highest BCUT2D eigenvalue weighted by Crippen LogP contribution is 2.10. The molecule has 0 saturated heterocycles. The Hall–Kier alpha value is 0.220. The van der Waals surface area contributed by atoms with Gasteiger partial charge in [0.1, 0.15) is 0 Å². The Morgan fingerprint density at radius 2 is 2.25 bits per heavy atom. The van der Waals surface area contributed by atoms with E-state index < -0.39 is 0 Å². The molecule has 1 heteroatoms. The molecule has 0 bridgehead atoms. The van der Waals surface area contributed by atoms with Crippen LogP contribution in [0.4, 0.5) is 0 Å². The lowest BCUT2D eigenvalue weighted by Crippen LogP contribution is -1.83. The average molecular weight is 177 g/mol. The summed E-state index contributed by atoms with van der Waals surface area (Å²) in [6.07, 6.45) is 3.45. The molecule has 0 N–H and O–H groups in total. The minimum atomic E-state index is 0.717. The van der Waals surface area contributed by atoms with Crippen LogP contribution < -0.4 is 0 Å². The van der Waals surface area contributed by atoms with Gasteiger partial charge < -0.3 is 0 Å². The molecule has 0 aromatic rings. The molecule has 0 heterocycles. The summed E-state index contributed by atoms with van der Waals surface area (Å²) in [5.41, 5.74) is 0. The van der Waals surface area contributed by atoms with Crippen LogP contribution in [-0.4, -0.2) is 0 Å². The van der Waals surface area contributed by atoms with E-state index in [2.05, 4.69) is 42.8 Å². The van der Waals surface area contributed by atoms with Crippen LogP contribution in [0.15, 0.2) is 10.6 Å². The molecule has 0 saturated carbocycles. The Balaban J connectivity index is 3.51. The summed E-state index contributed by atoms with van der Waals surface area (Å²) in [6, 6.07) is 0. The van der Waals surface area contributed by atoms with Crippen LogP contribution in [0.3, 0.4) is 0 Å². The molecule has 48 valence electrons. The van der Waals surface area contributed by atoms with Crippen LogP contribution in [-0.2, 0) is 0 Å². The Kier molecular flexibility index (Phi) is 4.25. The fourth-order valence-corrected chi connectivity index (χ4v) is 0.961. The molecule has 1 atom stereocenters. The number of halogens is 1. The molecular formula is C7H13Br. The van der Waals surface area contributed by atoms with Crippen LogP contribution in [0.1, 0.15) is 27.2 Å². The third kappa shape index (κ3) is 4.38. The Labute approximate surface area is 60.1 Å². The summed E-state index contributed by atoms with van der Waals surface area (Å²) in [4.78, 5) is 0. The van der Waals surface area contributed by atoms with Crippen LogP contribution in [0, 0.1) is 5.92 Å². The first-order valence-corrected chi connectivity index (χ1v) is 3.80. The van der Waals surface area contributed by atoms with E-state index in [-0.39, 0.29) is 0 Å². The van der Waals surface area contributed by atoms with Crippen molar-refractivity contribution in [1.29, 1.82) is 0 Å². The summed E-state index contributed by atoms with van der Waals surface area (Å²) < 4.78 is 1.24. The second-order valence-corrected chi connectivity index (χ2v) is 3.39. The van der Waals surface area contributed by atoms with Gasteiger partial charge in [0.05, 0.1) is 0 Å². The van der Waals surface area contributed by atoms with Gasteiger partial charge in [0.2, 0.25) is 0 Å². The smallest absolute Gasteiger partial charge is 0.0118 e. The van der Waals surface area contributed by atoms with E-state index in [1.165, 1.54) is 10.9 Å². The third-order valence-corrected chi connectivity index (χ3v) is 1.42. The van der Waals surface area contributed by atoms with Crippen LogP contribution >= 0.6 is 15.9 Å². The Morgan fingerprint density at radius 1 is 1.75 bits per heavy atom. The molecule has 0 aliphatic carbocycles. The molecule has 0 aromatic heterocycles. The standard InChI is InChI=1S/C7H13Br/c1-4-6(2)5-7(3)8/h5-6H,4H2,1-3H3. The second-order valence-electron chi connectivity index (χ2n) is 2.14. The number of hydrogen-bond acceptors (Lipinski definition) is 0. The highest BCUT2D eigenvalue weighted by molar-refractivity contribution is 9.11. The molecule has 0 rings (SSSR count). The van der Waals surface area contributed by atoms with E-state index in [0.29, 0.717) is 0 Å².